The predicted octanol–water partition coefficient (Wildman–Crippen LogP) is 2.16. The first-order valence-electron chi connectivity index (χ1n) is 9.74. The Morgan fingerprint density at radius 2 is 1.90 bits per heavy atom. The number of rotatable bonds is 8. The van der Waals surface area contributed by atoms with E-state index >= 15 is 0 Å². The van der Waals surface area contributed by atoms with E-state index in [2.05, 4.69) is 4.98 Å². The minimum atomic E-state index is -3.57. The average Bonchev–Trinajstić information content (AvgIpc) is 2.77. The summed E-state index contributed by atoms with van der Waals surface area (Å²) in [5.41, 5.74) is 1.06. The summed E-state index contributed by atoms with van der Waals surface area (Å²) in [6.45, 7) is 2.16. The zero-order valence-electron chi connectivity index (χ0n) is 16.6. The number of sulfonamides is 1. The summed E-state index contributed by atoms with van der Waals surface area (Å²) >= 11 is 0. The molecule has 0 aliphatic carbocycles. The van der Waals surface area contributed by atoms with Gasteiger partial charge in [0, 0.05) is 51.6 Å². The summed E-state index contributed by atoms with van der Waals surface area (Å²) in [5, 5.41) is 0. The molecular formula is C21H27N3O4S. The van der Waals surface area contributed by atoms with E-state index in [4.69, 9.17) is 4.74 Å². The van der Waals surface area contributed by atoms with Gasteiger partial charge in [0.25, 0.3) is 0 Å². The Morgan fingerprint density at radius 3 is 2.52 bits per heavy atom. The third-order valence-corrected chi connectivity index (χ3v) is 7.05. The van der Waals surface area contributed by atoms with Crippen LogP contribution < -0.4 is 0 Å². The molecule has 2 heterocycles. The number of ether oxygens (including phenoxy) is 1. The summed E-state index contributed by atoms with van der Waals surface area (Å²) in [7, 11) is -1.95. The van der Waals surface area contributed by atoms with E-state index in [0.29, 0.717) is 45.6 Å². The van der Waals surface area contributed by atoms with Gasteiger partial charge in [-0.3, -0.25) is 9.78 Å². The first kappa shape index (κ1) is 21.4. The van der Waals surface area contributed by atoms with Gasteiger partial charge in [-0.2, -0.15) is 4.31 Å². The second kappa shape index (κ2) is 9.96. The number of carbonyl (C=O) groups excluding carboxylic acids is 1. The SMILES string of the molecule is COCCN(Cc1ccccc1)C(=O)C1CCN(S(=O)(=O)c2cccnc2)CC1. The van der Waals surface area contributed by atoms with E-state index in [1.54, 1.807) is 25.4 Å². The third-order valence-electron chi connectivity index (χ3n) is 5.17. The zero-order chi connectivity index (χ0) is 20.7. The van der Waals surface area contributed by atoms with Crippen molar-refractivity contribution < 1.29 is 17.9 Å². The lowest BCUT2D eigenvalue weighted by Crippen LogP contribution is -2.45. The van der Waals surface area contributed by atoms with Crippen molar-refractivity contribution in [3.8, 4) is 0 Å². The van der Waals surface area contributed by atoms with Crippen molar-refractivity contribution >= 4 is 15.9 Å². The van der Waals surface area contributed by atoms with Crippen LogP contribution in [0, 0.1) is 5.92 Å². The molecule has 0 spiro atoms. The van der Waals surface area contributed by atoms with E-state index in [0.717, 1.165) is 5.56 Å². The molecule has 7 nitrogen and oxygen atoms in total. The molecule has 1 aliphatic heterocycles. The highest BCUT2D eigenvalue weighted by atomic mass is 32.2. The topological polar surface area (TPSA) is 79.8 Å². The molecule has 1 aliphatic rings. The molecule has 0 saturated carbocycles. The molecule has 3 rings (SSSR count). The van der Waals surface area contributed by atoms with Crippen molar-refractivity contribution in [2.24, 2.45) is 5.92 Å². The molecule has 156 valence electrons. The number of pyridine rings is 1. The van der Waals surface area contributed by atoms with Crippen LogP contribution in [0.15, 0.2) is 59.8 Å². The van der Waals surface area contributed by atoms with Gasteiger partial charge in [0.2, 0.25) is 15.9 Å². The third kappa shape index (κ3) is 5.41. The van der Waals surface area contributed by atoms with Gasteiger partial charge in [-0.05, 0) is 30.5 Å². The van der Waals surface area contributed by atoms with Gasteiger partial charge >= 0.3 is 0 Å². The molecule has 8 heteroatoms. The molecule has 1 fully saturated rings. The number of methoxy groups -OCH3 is 1. The van der Waals surface area contributed by atoms with E-state index < -0.39 is 10.0 Å². The fourth-order valence-corrected chi connectivity index (χ4v) is 4.96. The highest BCUT2D eigenvalue weighted by Crippen LogP contribution is 2.25. The van der Waals surface area contributed by atoms with Crippen LogP contribution in [0.2, 0.25) is 0 Å². The second-order valence-electron chi connectivity index (χ2n) is 7.11. The van der Waals surface area contributed by atoms with E-state index in [-0.39, 0.29) is 16.7 Å². The van der Waals surface area contributed by atoms with Gasteiger partial charge in [0.05, 0.1) is 6.61 Å². The molecule has 2 aromatic rings. The summed E-state index contributed by atoms with van der Waals surface area (Å²) in [5.74, 6) is -0.125. The maximum absolute atomic E-state index is 13.1. The van der Waals surface area contributed by atoms with Crippen LogP contribution in [0.4, 0.5) is 0 Å². The van der Waals surface area contributed by atoms with Crippen molar-refractivity contribution in [1.29, 1.82) is 0 Å². The number of amides is 1. The Kier molecular flexibility index (Phi) is 7.35. The molecule has 0 N–H and O–H groups in total. The van der Waals surface area contributed by atoms with Gasteiger partial charge < -0.3 is 9.64 Å². The standard InChI is InChI=1S/C21H27N3O4S/c1-28-15-14-23(17-18-6-3-2-4-7-18)21(25)19-9-12-24(13-10-19)29(26,27)20-8-5-11-22-16-20/h2-8,11,16,19H,9-10,12-15,17H2,1H3. The first-order valence-corrected chi connectivity index (χ1v) is 11.2. The Morgan fingerprint density at radius 1 is 1.17 bits per heavy atom. The summed E-state index contributed by atoms with van der Waals surface area (Å²) in [4.78, 5) is 19.0. The number of hydrogen-bond donors (Lipinski definition) is 0. The largest absolute Gasteiger partial charge is 0.383 e. The Labute approximate surface area is 172 Å². The zero-order valence-corrected chi connectivity index (χ0v) is 17.4. The molecule has 1 aromatic carbocycles. The molecular weight excluding hydrogens is 390 g/mol. The molecule has 1 saturated heterocycles. The van der Waals surface area contributed by atoms with E-state index in [1.807, 2.05) is 35.2 Å². The molecule has 1 aromatic heterocycles. The van der Waals surface area contributed by atoms with Crippen LogP contribution >= 0.6 is 0 Å². The molecule has 29 heavy (non-hydrogen) atoms. The van der Waals surface area contributed by atoms with Crippen molar-refractivity contribution in [1.82, 2.24) is 14.2 Å². The van der Waals surface area contributed by atoms with Gasteiger partial charge in [0.15, 0.2) is 0 Å². The normalized spacial score (nSPS) is 15.9. The molecule has 1 amide bonds. The number of nitrogens with zero attached hydrogens (tertiary/aromatic N) is 3. The van der Waals surface area contributed by atoms with Crippen LogP contribution in [0.5, 0.6) is 0 Å². The van der Waals surface area contributed by atoms with Gasteiger partial charge in [-0.15, -0.1) is 0 Å². The van der Waals surface area contributed by atoms with Crippen LogP contribution in [0.1, 0.15) is 18.4 Å². The highest BCUT2D eigenvalue weighted by molar-refractivity contribution is 7.89. The fraction of sp³-hybridized carbons (Fsp3) is 0.429. The summed E-state index contributed by atoms with van der Waals surface area (Å²) in [6, 6.07) is 13.0. The Bertz CT molecular complexity index is 883. The Hall–Kier alpha value is -2.29. The lowest BCUT2D eigenvalue weighted by Gasteiger charge is -2.33. The Balaban J connectivity index is 1.64. The quantitative estimate of drug-likeness (QED) is 0.658. The van der Waals surface area contributed by atoms with Gasteiger partial charge in [-0.25, -0.2) is 8.42 Å². The average molecular weight is 418 g/mol. The van der Waals surface area contributed by atoms with Crippen molar-refractivity contribution in [2.75, 3.05) is 33.4 Å². The maximum Gasteiger partial charge on any atom is 0.244 e. The fourth-order valence-electron chi connectivity index (χ4n) is 3.52. The van der Waals surface area contributed by atoms with Crippen LogP contribution in [-0.2, 0) is 26.1 Å². The smallest absolute Gasteiger partial charge is 0.244 e. The number of aromatic nitrogens is 1. The summed E-state index contributed by atoms with van der Waals surface area (Å²) < 4.78 is 32.1. The molecule has 0 radical (unpaired) electrons. The monoisotopic (exact) mass is 417 g/mol. The molecule has 0 unspecified atom stereocenters. The van der Waals surface area contributed by atoms with Crippen LogP contribution in [0.3, 0.4) is 0 Å². The number of carbonyl (C=O) groups is 1. The van der Waals surface area contributed by atoms with Gasteiger partial charge in [-0.1, -0.05) is 30.3 Å². The second-order valence-corrected chi connectivity index (χ2v) is 9.04. The van der Waals surface area contributed by atoms with Crippen molar-refractivity contribution in [2.45, 2.75) is 24.3 Å². The van der Waals surface area contributed by atoms with E-state index in [9.17, 15) is 13.2 Å². The van der Waals surface area contributed by atoms with Crippen molar-refractivity contribution in [3.05, 3.63) is 60.4 Å². The minimum Gasteiger partial charge on any atom is -0.383 e. The highest BCUT2D eigenvalue weighted by Gasteiger charge is 2.33. The maximum atomic E-state index is 13.1. The summed E-state index contributed by atoms with van der Waals surface area (Å²) in [6.07, 6.45) is 3.93. The van der Waals surface area contributed by atoms with E-state index in [1.165, 1.54) is 10.5 Å². The van der Waals surface area contributed by atoms with Crippen LogP contribution in [-0.4, -0.2) is 61.9 Å². The number of hydrogen-bond acceptors (Lipinski definition) is 5. The minimum absolute atomic E-state index is 0.0596. The lowest BCUT2D eigenvalue weighted by atomic mass is 9.96. The van der Waals surface area contributed by atoms with Gasteiger partial charge in [0.1, 0.15) is 4.90 Å². The van der Waals surface area contributed by atoms with Crippen LogP contribution in [0.25, 0.3) is 0 Å². The predicted molar refractivity (Wildman–Crippen MR) is 109 cm³/mol. The van der Waals surface area contributed by atoms with Crippen molar-refractivity contribution in [3.63, 3.8) is 0 Å². The number of benzene rings is 1. The molecule has 0 atom stereocenters. The first-order chi connectivity index (χ1) is 14.0. The lowest BCUT2D eigenvalue weighted by molar-refractivity contribution is -0.138. The number of piperidine rings is 1. The molecule has 0 bridgehead atoms.